The largest absolute Gasteiger partial charge is 0.368 e. The molecule has 0 atom stereocenters. The number of nitrogens with one attached hydrogen (secondary N) is 2. The van der Waals surface area contributed by atoms with E-state index < -0.39 is 0 Å². The minimum absolute atomic E-state index is 1.06. The quantitative estimate of drug-likeness (QED) is 0.809. The lowest BCUT2D eigenvalue weighted by atomic mass is 10.1. The predicted octanol–water partition coefficient (Wildman–Crippen LogP) is 1.41. The summed E-state index contributed by atoms with van der Waals surface area (Å²) >= 11 is 0. The number of piperidine rings is 1. The van der Waals surface area contributed by atoms with Crippen molar-refractivity contribution in [3.63, 3.8) is 0 Å². The third kappa shape index (κ3) is 1.94. The van der Waals surface area contributed by atoms with Crippen molar-refractivity contribution in [3.05, 3.63) is 11.3 Å². The minimum atomic E-state index is 1.06. The van der Waals surface area contributed by atoms with Gasteiger partial charge < -0.3 is 10.2 Å². The third-order valence-electron chi connectivity index (χ3n) is 3.75. The summed E-state index contributed by atoms with van der Waals surface area (Å²) in [5, 5.41) is 10.8. The molecule has 0 unspecified atom stereocenters. The molecule has 0 radical (unpaired) electrons. The van der Waals surface area contributed by atoms with Crippen LogP contribution in [0.25, 0.3) is 0 Å². The van der Waals surface area contributed by atoms with Crippen LogP contribution in [-0.4, -0.2) is 41.3 Å². The summed E-state index contributed by atoms with van der Waals surface area (Å²) < 4.78 is 0. The molecule has 2 N–H and O–H groups in total. The highest BCUT2D eigenvalue weighted by Gasteiger charge is 2.18. The van der Waals surface area contributed by atoms with Gasteiger partial charge in [0.05, 0.1) is 0 Å². The lowest BCUT2D eigenvalue weighted by Crippen LogP contribution is -2.31. The zero-order valence-corrected chi connectivity index (χ0v) is 9.76. The van der Waals surface area contributed by atoms with Crippen LogP contribution in [0, 0.1) is 0 Å². The fourth-order valence-corrected chi connectivity index (χ4v) is 2.78. The van der Waals surface area contributed by atoms with Crippen LogP contribution in [0.4, 0.5) is 5.82 Å². The fourth-order valence-electron chi connectivity index (χ4n) is 2.78. The van der Waals surface area contributed by atoms with Crippen LogP contribution in [0.5, 0.6) is 0 Å². The first-order valence-corrected chi connectivity index (χ1v) is 6.46. The van der Waals surface area contributed by atoms with Crippen molar-refractivity contribution in [1.82, 2.24) is 15.1 Å². The van der Waals surface area contributed by atoms with Crippen LogP contribution < -0.4 is 5.32 Å². The molecular formula is C12H20N4. The number of likely N-dealkylation sites (tertiary alicyclic amines) is 1. The predicted molar refractivity (Wildman–Crippen MR) is 64.8 cm³/mol. The summed E-state index contributed by atoms with van der Waals surface area (Å²) in [5.41, 5.74) is 2.78. The second kappa shape index (κ2) is 4.45. The normalized spacial score (nSPS) is 20.8. The van der Waals surface area contributed by atoms with Crippen LogP contribution in [-0.2, 0) is 12.8 Å². The molecule has 4 nitrogen and oxygen atoms in total. The number of nitrogens with zero attached hydrogens (tertiary/aromatic N) is 2. The molecule has 1 saturated heterocycles. The maximum atomic E-state index is 4.31. The average Bonchev–Trinajstić information content (AvgIpc) is 2.90. The van der Waals surface area contributed by atoms with Gasteiger partial charge in [-0.1, -0.05) is 6.42 Å². The summed E-state index contributed by atoms with van der Waals surface area (Å²) in [4.78, 5) is 2.58. The molecule has 0 bridgehead atoms. The van der Waals surface area contributed by atoms with Gasteiger partial charge in [0.2, 0.25) is 0 Å². The molecule has 0 amide bonds. The molecule has 4 heteroatoms. The molecule has 88 valence electrons. The first-order chi connectivity index (χ1) is 7.93. The second-order valence-corrected chi connectivity index (χ2v) is 4.86. The first-order valence-electron chi connectivity index (χ1n) is 6.46. The van der Waals surface area contributed by atoms with Crippen LogP contribution in [0.2, 0.25) is 0 Å². The maximum Gasteiger partial charge on any atom is 0.151 e. The van der Waals surface area contributed by atoms with Crippen molar-refractivity contribution in [2.45, 2.75) is 32.1 Å². The van der Waals surface area contributed by atoms with E-state index in [9.17, 15) is 0 Å². The summed E-state index contributed by atoms with van der Waals surface area (Å²) in [6.07, 6.45) is 6.44. The summed E-state index contributed by atoms with van der Waals surface area (Å²) in [6, 6.07) is 0. The molecule has 0 spiro atoms. The van der Waals surface area contributed by atoms with Gasteiger partial charge in [0.15, 0.2) is 5.82 Å². The lowest BCUT2D eigenvalue weighted by molar-refractivity contribution is 0.231. The molecule has 0 aliphatic carbocycles. The molecule has 3 heterocycles. The Bertz CT molecular complexity index is 352. The number of aromatic amines is 1. The van der Waals surface area contributed by atoms with E-state index in [-0.39, 0.29) is 0 Å². The van der Waals surface area contributed by atoms with Crippen LogP contribution >= 0.6 is 0 Å². The lowest BCUT2D eigenvalue weighted by Gasteiger charge is -2.26. The standard InChI is InChI=1S/C12H20N4/c1-2-7-16(8-3-1)9-5-11-10-4-6-13-12(10)15-14-11/h1-9H2,(H2,13,14,15). The number of anilines is 1. The SMILES string of the molecule is C1CCN(CCc2[nH]nc3c2CCN3)CC1. The van der Waals surface area contributed by atoms with E-state index in [1.54, 1.807) is 0 Å². The van der Waals surface area contributed by atoms with Crippen molar-refractivity contribution >= 4 is 5.82 Å². The highest BCUT2D eigenvalue weighted by atomic mass is 15.2. The molecule has 1 aromatic heterocycles. The van der Waals surface area contributed by atoms with E-state index in [0.717, 1.165) is 25.2 Å². The van der Waals surface area contributed by atoms with Crippen LogP contribution in [0.15, 0.2) is 0 Å². The van der Waals surface area contributed by atoms with E-state index in [1.807, 2.05) is 0 Å². The third-order valence-corrected chi connectivity index (χ3v) is 3.75. The number of hydrogen-bond acceptors (Lipinski definition) is 3. The monoisotopic (exact) mass is 220 g/mol. The van der Waals surface area contributed by atoms with Crippen LogP contribution in [0.1, 0.15) is 30.5 Å². The molecule has 2 aliphatic heterocycles. The summed E-state index contributed by atoms with van der Waals surface area (Å²) in [5.74, 6) is 1.09. The molecule has 3 rings (SSSR count). The molecule has 16 heavy (non-hydrogen) atoms. The van der Waals surface area contributed by atoms with Crippen molar-refractivity contribution in [2.75, 3.05) is 31.5 Å². The molecule has 1 fully saturated rings. The van der Waals surface area contributed by atoms with Gasteiger partial charge in [0.1, 0.15) is 0 Å². The first kappa shape index (κ1) is 10.1. The Kier molecular flexibility index (Phi) is 2.82. The van der Waals surface area contributed by atoms with Gasteiger partial charge in [-0.15, -0.1) is 0 Å². The molecule has 2 aliphatic rings. The Morgan fingerprint density at radius 2 is 2.06 bits per heavy atom. The number of H-pyrrole nitrogens is 1. The highest BCUT2D eigenvalue weighted by molar-refractivity contribution is 5.51. The van der Waals surface area contributed by atoms with Gasteiger partial charge in [0.25, 0.3) is 0 Å². The Morgan fingerprint density at radius 3 is 2.94 bits per heavy atom. The molecule has 0 saturated carbocycles. The highest BCUT2D eigenvalue weighted by Crippen LogP contribution is 2.23. The summed E-state index contributed by atoms with van der Waals surface area (Å²) in [6.45, 7) is 4.82. The van der Waals surface area contributed by atoms with E-state index in [1.165, 1.54) is 50.2 Å². The van der Waals surface area contributed by atoms with Crippen LogP contribution in [0.3, 0.4) is 0 Å². The second-order valence-electron chi connectivity index (χ2n) is 4.86. The Hall–Kier alpha value is -1.03. The number of fused-ring (bicyclic) bond motifs is 1. The Morgan fingerprint density at radius 1 is 1.19 bits per heavy atom. The van der Waals surface area contributed by atoms with Gasteiger partial charge in [-0.25, -0.2) is 0 Å². The van der Waals surface area contributed by atoms with Gasteiger partial charge >= 0.3 is 0 Å². The van der Waals surface area contributed by atoms with Crippen molar-refractivity contribution < 1.29 is 0 Å². The average molecular weight is 220 g/mol. The number of hydrogen-bond donors (Lipinski definition) is 2. The van der Waals surface area contributed by atoms with Gasteiger partial charge in [-0.05, 0) is 32.4 Å². The molecule has 1 aromatic rings. The molecule has 0 aromatic carbocycles. The van der Waals surface area contributed by atoms with Gasteiger partial charge in [-0.2, -0.15) is 5.10 Å². The number of aromatic nitrogens is 2. The van der Waals surface area contributed by atoms with Gasteiger partial charge in [0, 0.05) is 30.8 Å². The summed E-state index contributed by atoms with van der Waals surface area (Å²) in [7, 11) is 0. The topological polar surface area (TPSA) is 44.0 Å². The van der Waals surface area contributed by atoms with E-state index in [4.69, 9.17) is 0 Å². The molecular weight excluding hydrogens is 200 g/mol. The Labute approximate surface area is 96.4 Å². The van der Waals surface area contributed by atoms with E-state index in [2.05, 4.69) is 20.4 Å². The van der Waals surface area contributed by atoms with E-state index in [0.29, 0.717) is 0 Å². The zero-order valence-electron chi connectivity index (χ0n) is 9.76. The van der Waals surface area contributed by atoms with E-state index >= 15 is 0 Å². The fraction of sp³-hybridized carbons (Fsp3) is 0.750. The minimum Gasteiger partial charge on any atom is -0.368 e. The number of rotatable bonds is 3. The smallest absolute Gasteiger partial charge is 0.151 e. The van der Waals surface area contributed by atoms with Gasteiger partial charge in [-0.3, -0.25) is 5.10 Å². The van der Waals surface area contributed by atoms with Crippen molar-refractivity contribution in [2.24, 2.45) is 0 Å². The zero-order chi connectivity index (χ0) is 10.8. The Balaban J connectivity index is 1.57. The maximum absolute atomic E-state index is 4.31. The van der Waals surface area contributed by atoms with Crippen molar-refractivity contribution in [1.29, 1.82) is 0 Å². The van der Waals surface area contributed by atoms with Crippen molar-refractivity contribution in [3.8, 4) is 0 Å².